The third-order valence-electron chi connectivity index (χ3n) is 1.77. The van der Waals surface area contributed by atoms with Crippen LogP contribution in [0.2, 0.25) is 4.47 Å². The SMILES string of the molecule is CCN(CCO)Cc1cnc(Cl)s1. The molecule has 0 atom stereocenters. The minimum absolute atomic E-state index is 0.195. The molecule has 0 aromatic carbocycles. The Morgan fingerprint density at radius 1 is 1.69 bits per heavy atom. The van der Waals surface area contributed by atoms with E-state index in [1.54, 1.807) is 6.20 Å². The van der Waals surface area contributed by atoms with Gasteiger partial charge in [0.2, 0.25) is 0 Å². The number of aromatic nitrogens is 1. The Kier molecular flexibility index (Phi) is 4.66. The van der Waals surface area contributed by atoms with Crippen molar-refractivity contribution < 1.29 is 5.11 Å². The van der Waals surface area contributed by atoms with E-state index in [1.165, 1.54) is 11.3 Å². The molecule has 1 aromatic heterocycles. The number of likely N-dealkylation sites (N-methyl/N-ethyl adjacent to an activating group) is 1. The highest BCUT2D eigenvalue weighted by Crippen LogP contribution is 2.18. The quantitative estimate of drug-likeness (QED) is 0.819. The summed E-state index contributed by atoms with van der Waals surface area (Å²) in [6.07, 6.45) is 1.78. The van der Waals surface area contributed by atoms with Crippen molar-refractivity contribution in [3.63, 3.8) is 0 Å². The van der Waals surface area contributed by atoms with Gasteiger partial charge in [-0.05, 0) is 6.54 Å². The van der Waals surface area contributed by atoms with Crippen molar-refractivity contribution in [3.8, 4) is 0 Å². The zero-order chi connectivity index (χ0) is 9.68. The van der Waals surface area contributed by atoms with Gasteiger partial charge in [0.1, 0.15) is 0 Å². The lowest BCUT2D eigenvalue weighted by molar-refractivity contribution is 0.198. The lowest BCUT2D eigenvalue weighted by Crippen LogP contribution is -2.25. The second-order valence-corrected chi connectivity index (χ2v) is 4.37. The van der Waals surface area contributed by atoms with Crippen LogP contribution in [0.15, 0.2) is 6.20 Å². The van der Waals surface area contributed by atoms with Gasteiger partial charge in [-0.15, -0.1) is 11.3 Å². The summed E-state index contributed by atoms with van der Waals surface area (Å²) in [5, 5.41) is 8.77. The Hall–Kier alpha value is -0.160. The van der Waals surface area contributed by atoms with E-state index in [-0.39, 0.29) is 6.61 Å². The van der Waals surface area contributed by atoms with Gasteiger partial charge in [0.15, 0.2) is 4.47 Å². The zero-order valence-electron chi connectivity index (χ0n) is 7.53. The lowest BCUT2D eigenvalue weighted by atomic mass is 10.4. The number of rotatable bonds is 5. The first-order chi connectivity index (χ1) is 6.26. The van der Waals surface area contributed by atoms with Gasteiger partial charge in [0, 0.05) is 24.2 Å². The van der Waals surface area contributed by atoms with Crippen LogP contribution >= 0.6 is 22.9 Å². The molecule has 1 aromatic rings. The highest BCUT2D eigenvalue weighted by molar-refractivity contribution is 7.15. The number of aliphatic hydroxyl groups is 1. The van der Waals surface area contributed by atoms with E-state index in [2.05, 4.69) is 16.8 Å². The van der Waals surface area contributed by atoms with E-state index in [9.17, 15) is 0 Å². The fourth-order valence-electron chi connectivity index (χ4n) is 1.07. The van der Waals surface area contributed by atoms with E-state index < -0.39 is 0 Å². The fraction of sp³-hybridized carbons (Fsp3) is 0.625. The number of aliphatic hydroxyl groups excluding tert-OH is 1. The van der Waals surface area contributed by atoms with E-state index in [1.807, 2.05) is 0 Å². The van der Waals surface area contributed by atoms with Crippen LogP contribution in [0.3, 0.4) is 0 Å². The smallest absolute Gasteiger partial charge is 0.183 e. The monoisotopic (exact) mass is 220 g/mol. The van der Waals surface area contributed by atoms with Crippen LogP contribution in [0.5, 0.6) is 0 Å². The van der Waals surface area contributed by atoms with Crippen LogP contribution < -0.4 is 0 Å². The largest absolute Gasteiger partial charge is 0.395 e. The summed E-state index contributed by atoms with van der Waals surface area (Å²) in [6.45, 7) is 4.71. The molecule has 1 heterocycles. The molecule has 0 aliphatic rings. The predicted octanol–water partition coefficient (Wildman–Crippen LogP) is 1.61. The summed E-state index contributed by atoms with van der Waals surface area (Å²) in [4.78, 5) is 7.24. The summed E-state index contributed by atoms with van der Waals surface area (Å²) < 4.78 is 0.579. The first-order valence-electron chi connectivity index (χ1n) is 4.19. The Labute approximate surface area is 87.0 Å². The lowest BCUT2D eigenvalue weighted by Gasteiger charge is -2.17. The van der Waals surface area contributed by atoms with Gasteiger partial charge in [-0.1, -0.05) is 18.5 Å². The second kappa shape index (κ2) is 5.54. The maximum atomic E-state index is 8.77. The molecule has 0 aliphatic heterocycles. The maximum absolute atomic E-state index is 8.77. The molecule has 0 bridgehead atoms. The molecular weight excluding hydrogens is 208 g/mol. The van der Waals surface area contributed by atoms with Crippen molar-refractivity contribution in [1.82, 2.24) is 9.88 Å². The molecule has 0 saturated carbocycles. The number of halogens is 1. The van der Waals surface area contributed by atoms with Crippen LogP contribution in [-0.2, 0) is 6.54 Å². The average molecular weight is 221 g/mol. The van der Waals surface area contributed by atoms with Crippen LogP contribution in [0, 0.1) is 0 Å². The minimum atomic E-state index is 0.195. The maximum Gasteiger partial charge on any atom is 0.183 e. The van der Waals surface area contributed by atoms with Crippen LogP contribution in [0.1, 0.15) is 11.8 Å². The standard InChI is InChI=1S/C8H13ClN2OS/c1-2-11(3-4-12)6-7-5-10-8(9)13-7/h5,12H,2-4,6H2,1H3. The van der Waals surface area contributed by atoms with Gasteiger partial charge in [0.25, 0.3) is 0 Å². The number of hydrogen-bond acceptors (Lipinski definition) is 4. The highest BCUT2D eigenvalue weighted by atomic mass is 35.5. The van der Waals surface area contributed by atoms with Crippen molar-refractivity contribution in [2.24, 2.45) is 0 Å². The molecule has 1 rings (SSSR count). The molecule has 13 heavy (non-hydrogen) atoms. The molecule has 3 nitrogen and oxygen atoms in total. The molecule has 0 aliphatic carbocycles. The third-order valence-corrected chi connectivity index (χ3v) is 2.87. The Morgan fingerprint density at radius 2 is 2.46 bits per heavy atom. The molecule has 0 saturated heterocycles. The summed E-state index contributed by atoms with van der Waals surface area (Å²) in [6, 6.07) is 0. The van der Waals surface area contributed by atoms with Crippen molar-refractivity contribution in [2.45, 2.75) is 13.5 Å². The molecule has 1 N–H and O–H groups in total. The van der Waals surface area contributed by atoms with Gasteiger partial charge in [0.05, 0.1) is 6.61 Å². The molecule has 74 valence electrons. The minimum Gasteiger partial charge on any atom is -0.395 e. The summed E-state index contributed by atoms with van der Waals surface area (Å²) >= 11 is 7.19. The predicted molar refractivity (Wildman–Crippen MR) is 55.2 cm³/mol. The van der Waals surface area contributed by atoms with Crippen molar-refractivity contribution >= 4 is 22.9 Å². The first-order valence-corrected chi connectivity index (χ1v) is 5.39. The van der Waals surface area contributed by atoms with Crippen molar-refractivity contribution in [1.29, 1.82) is 0 Å². The van der Waals surface area contributed by atoms with E-state index in [0.29, 0.717) is 11.0 Å². The van der Waals surface area contributed by atoms with Gasteiger partial charge in [-0.2, -0.15) is 0 Å². The zero-order valence-corrected chi connectivity index (χ0v) is 9.11. The number of nitrogens with zero attached hydrogens (tertiary/aromatic N) is 2. The van der Waals surface area contributed by atoms with Gasteiger partial charge in [-0.3, -0.25) is 4.90 Å². The Morgan fingerprint density at radius 3 is 2.92 bits per heavy atom. The van der Waals surface area contributed by atoms with E-state index in [0.717, 1.165) is 18.0 Å². The van der Waals surface area contributed by atoms with E-state index >= 15 is 0 Å². The molecule has 5 heteroatoms. The second-order valence-electron chi connectivity index (χ2n) is 2.67. The van der Waals surface area contributed by atoms with E-state index in [4.69, 9.17) is 16.7 Å². The van der Waals surface area contributed by atoms with Crippen LogP contribution in [0.25, 0.3) is 0 Å². The van der Waals surface area contributed by atoms with Gasteiger partial charge in [-0.25, -0.2) is 4.98 Å². The number of thiazole rings is 1. The summed E-state index contributed by atoms with van der Waals surface area (Å²) in [5.74, 6) is 0. The third kappa shape index (κ3) is 3.60. The van der Waals surface area contributed by atoms with Crippen molar-refractivity contribution in [3.05, 3.63) is 15.5 Å². The average Bonchev–Trinajstić information content (AvgIpc) is 2.50. The Bertz CT molecular complexity index is 254. The first kappa shape index (κ1) is 10.9. The topological polar surface area (TPSA) is 36.4 Å². The molecule has 0 fully saturated rings. The number of hydrogen-bond donors (Lipinski definition) is 1. The Balaban J connectivity index is 2.46. The molecule has 0 spiro atoms. The normalized spacial score (nSPS) is 11.1. The van der Waals surface area contributed by atoms with Crippen LogP contribution in [-0.4, -0.2) is 34.7 Å². The van der Waals surface area contributed by atoms with Gasteiger partial charge < -0.3 is 5.11 Å². The molecule has 0 unspecified atom stereocenters. The van der Waals surface area contributed by atoms with Gasteiger partial charge >= 0.3 is 0 Å². The molecule has 0 amide bonds. The fourth-order valence-corrected chi connectivity index (χ4v) is 2.09. The summed E-state index contributed by atoms with van der Waals surface area (Å²) in [7, 11) is 0. The highest BCUT2D eigenvalue weighted by Gasteiger charge is 2.05. The van der Waals surface area contributed by atoms with Crippen LogP contribution in [0.4, 0.5) is 0 Å². The molecular formula is C8H13ClN2OS. The van der Waals surface area contributed by atoms with Crippen molar-refractivity contribution in [2.75, 3.05) is 19.7 Å². The molecule has 0 radical (unpaired) electrons. The summed E-state index contributed by atoms with van der Waals surface area (Å²) in [5.41, 5.74) is 0.